The zero-order chi connectivity index (χ0) is 6.69. The predicted molar refractivity (Wildman–Crippen MR) is 40.1 cm³/mol. The highest BCUT2D eigenvalue weighted by molar-refractivity contribution is 5.79. The van der Waals surface area contributed by atoms with Crippen LogP contribution in [0, 0.1) is 0 Å². The number of rotatable bonds is 1. The van der Waals surface area contributed by atoms with Crippen LogP contribution in [0.5, 0.6) is 0 Å². The van der Waals surface area contributed by atoms with Crippen LogP contribution in [0.15, 0.2) is 4.99 Å². The maximum absolute atomic E-state index is 4.43. The first-order valence-corrected chi connectivity index (χ1v) is 3.51. The summed E-state index contributed by atoms with van der Waals surface area (Å²) in [7, 11) is 0. The largest absolute Gasteiger partial charge is 0.315 e. The maximum Gasteiger partial charge on any atom is 0.0635 e. The second kappa shape index (κ2) is 2.97. The molecule has 9 heavy (non-hydrogen) atoms. The van der Waals surface area contributed by atoms with Crippen molar-refractivity contribution in [3.8, 4) is 0 Å². The van der Waals surface area contributed by atoms with Crippen LogP contribution in [-0.4, -0.2) is 24.8 Å². The van der Waals surface area contributed by atoms with Gasteiger partial charge in [0, 0.05) is 12.3 Å². The van der Waals surface area contributed by atoms with Crippen molar-refractivity contribution in [2.75, 3.05) is 13.1 Å². The van der Waals surface area contributed by atoms with Crippen molar-refractivity contribution in [2.45, 2.75) is 26.3 Å². The van der Waals surface area contributed by atoms with E-state index in [0.717, 1.165) is 13.1 Å². The molecule has 0 aromatic carbocycles. The molecule has 0 radical (unpaired) electrons. The average Bonchev–Trinajstić information content (AvgIpc) is 2.15. The molecule has 52 valence electrons. The first-order chi connectivity index (χ1) is 4.29. The summed E-state index contributed by atoms with van der Waals surface area (Å²) < 4.78 is 0. The lowest BCUT2D eigenvalue weighted by molar-refractivity contribution is 0.743. The fraction of sp³-hybridized carbons (Fsp3) is 0.857. The van der Waals surface area contributed by atoms with E-state index in [-0.39, 0.29) is 0 Å². The van der Waals surface area contributed by atoms with Gasteiger partial charge in [0.15, 0.2) is 0 Å². The Morgan fingerprint density at radius 1 is 1.56 bits per heavy atom. The maximum atomic E-state index is 4.43. The molecule has 0 saturated carbocycles. The van der Waals surface area contributed by atoms with Crippen molar-refractivity contribution in [3.63, 3.8) is 0 Å². The van der Waals surface area contributed by atoms with E-state index in [0.29, 0.717) is 6.04 Å². The van der Waals surface area contributed by atoms with Gasteiger partial charge in [-0.25, -0.2) is 0 Å². The normalized spacial score (nSPS) is 26.2. The third-order valence-electron chi connectivity index (χ3n) is 1.48. The highest BCUT2D eigenvalue weighted by atomic mass is 15.0. The summed E-state index contributed by atoms with van der Waals surface area (Å²) in [6, 6.07) is 0.565. The number of nitrogens with one attached hydrogen (secondary N) is 1. The second-order valence-electron chi connectivity index (χ2n) is 2.72. The number of aliphatic imine (C=N–C) groups is 1. The van der Waals surface area contributed by atoms with Gasteiger partial charge in [-0.15, -0.1) is 0 Å². The third kappa shape index (κ3) is 2.14. The predicted octanol–water partition coefficient (Wildman–Crippen LogP) is 0.829. The Bertz CT molecular complexity index is 108. The number of hydrogen-bond acceptors (Lipinski definition) is 2. The van der Waals surface area contributed by atoms with E-state index in [1.54, 1.807) is 0 Å². The van der Waals surface area contributed by atoms with Gasteiger partial charge in [0.05, 0.1) is 6.04 Å². The summed E-state index contributed by atoms with van der Waals surface area (Å²) in [6.07, 6.45) is 1.21. The van der Waals surface area contributed by atoms with Crippen LogP contribution in [0.3, 0.4) is 0 Å². The average molecular weight is 126 g/mol. The fourth-order valence-corrected chi connectivity index (χ4v) is 1.11. The van der Waals surface area contributed by atoms with Crippen LogP contribution in [0.1, 0.15) is 20.3 Å². The van der Waals surface area contributed by atoms with Gasteiger partial charge in [-0.2, -0.15) is 0 Å². The van der Waals surface area contributed by atoms with E-state index in [9.17, 15) is 0 Å². The lowest BCUT2D eigenvalue weighted by Crippen LogP contribution is -2.11. The summed E-state index contributed by atoms with van der Waals surface area (Å²) >= 11 is 0. The van der Waals surface area contributed by atoms with Crippen molar-refractivity contribution < 1.29 is 0 Å². The molecule has 1 fully saturated rings. The van der Waals surface area contributed by atoms with Crippen molar-refractivity contribution in [1.29, 1.82) is 0 Å². The van der Waals surface area contributed by atoms with Gasteiger partial charge in [-0.1, -0.05) is 0 Å². The molecule has 1 rings (SSSR count). The molecule has 0 bridgehead atoms. The molecule has 0 amide bonds. The molecule has 2 heteroatoms. The monoisotopic (exact) mass is 126 g/mol. The zero-order valence-electron chi connectivity index (χ0n) is 6.15. The Kier molecular flexibility index (Phi) is 2.22. The number of nitrogens with zero attached hydrogens (tertiary/aromatic N) is 1. The molecule has 0 spiro atoms. The highest BCUT2D eigenvalue weighted by Crippen LogP contribution is 2.02. The van der Waals surface area contributed by atoms with E-state index in [4.69, 9.17) is 0 Å². The minimum Gasteiger partial charge on any atom is -0.315 e. The molecule has 2 nitrogen and oxygen atoms in total. The van der Waals surface area contributed by atoms with Gasteiger partial charge in [0.25, 0.3) is 0 Å². The molecule has 1 aliphatic rings. The number of hydrogen-bond donors (Lipinski definition) is 1. The fourth-order valence-electron chi connectivity index (χ4n) is 1.11. The zero-order valence-corrected chi connectivity index (χ0v) is 6.15. The van der Waals surface area contributed by atoms with Crippen LogP contribution in [-0.2, 0) is 0 Å². The SMILES string of the molecule is CC(C)=N[C@@H]1CCNC1. The molecule has 1 heterocycles. The van der Waals surface area contributed by atoms with Gasteiger partial charge in [-0.05, 0) is 26.8 Å². The molecule has 1 aliphatic heterocycles. The van der Waals surface area contributed by atoms with Crippen molar-refractivity contribution in [3.05, 3.63) is 0 Å². The molecule has 0 unspecified atom stereocenters. The van der Waals surface area contributed by atoms with Gasteiger partial charge < -0.3 is 5.32 Å². The minimum absolute atomic E-state index is 0.565. The van der Waals surface area contributed by atoms with Crippen molar-refractivity contribution >= 4 is 5.71 Å². The molecule has 1 N–H and O–H groups in total. The Hall–Kier alpha value is -0.370. The van der Waals surface area contributed by atoms with Crippen molar-refractivity contribution in [2.24, 2.45) is 4.99 Å². The minimum atomic E-state index is 0.565. The molecular weight excluding hydrogens is 112 g/mol. The van der Waals surface area contributed by atoms with Crippen LogP contribution >= 0.6 is 0 Å². The van der Waals surface area contributed by atoms with Crippen LogP contribution in [0.2, 0.25) is 0 Å². The quantitative estimate of drug-likeness (QED) is 0.517. The van der Waals surface area contributed by atoms with Gasteiger partial charge in [-0.3, -0.25) is 4.99 Å². The van der Waals surface area contributed by atoms with Crippen molar-refractivity contribution in [1.82, 2.24) is 5.32 Å². The van der Waals surface area contributed by atoms with E-state index in [1.807, 2.05) is 0 Å². The van der Waals surface area contributed by atoms with E-state index >= 15 is 0 Å². The van der Waals surface area contributed by atoms with Gasteiger partial charge in [0.1, 0.15) is 0 Å². The molecule has 1 saturated heterocycles. The molecule has 0 aromatic rings. The van der Waals surface area contributed by atoms with Crippen LogP contribution in [0.25, 0.3) is 0 Å². The van der Waals surface area contributed by atoms with E-state index in [1.165, 1.54) is 12.1 Å². The third-order valence-corrected chi connectivity index (χ3v) is 1.48. The summed E-state index contributed by atoms with van der Waals surface area (Å²) in [6.45, 7) is 6.32. The Balaban J connectivity index is 2.35. The smallest absolute Gasteiger partial charge is 0.0635 e. The Labute approximate surface area is 56.4 Å². The van der Waals surface area contributed by atoms with Gasteiger partial charge >= 0.3 is 0 Å². The Morgan fingerprint density at radius 3 is 2.78 bits per heavy atom. The summed E-state index contributed by atoms with van der Waals surface area (Å²) in [4.78, 5) is 4.43. The van der Waals surface area contributed by atoms with Gasteiger partial charge in [0.2, 0.25) is 0 Å². The summed E-state index contributed by atoms with van der Waals surface area (Å²) in [5.41, 5.74) is 1.20. The van der Waals surface area contributed by atoms with Crippen LogP contribution < -0.4 is 5.32 Å². The Morgan fingerprint density at radius 2 is 2.33 bits per heavy atom. The first kappa shape index (κ1) is 6.75. The summed E-state index contributed by atoms with van der Waals surface area (Å²) in [5.74, 6) is 0. The molecular formula is C7H14N2. The summed E-state index contributed by atoms with van der Waals surface area (Å²) in [5, 5.41) is 3.27. The molecule has 0 aliphatic carbocycles. The van der Waals surface area contributed by atoms with Crippen LogP contribution in [0.4, 0.5) is 0 Å². The molecule has 0 aromatic heterocycles. The second-order valence-corrected chi connectivity index (χ2v) is 2.72. The van der Waals surface area contributed by atoms with E-state index < -0.39 is 0 Å². The first-order valence-electron chi connectivity index (χ1n) is 3.51. The standard InChI is InChI=1S/C7H14N2/c1-6(2)9-7-3-4-8-5-7/h7-8H,3-5H2,1-2H3/t7-/m1/s1. The lowest BCUT2D eigenvalue weighted by Gasteiger charge is -1.99. The lowest BCUT2D eigenvalue weighted by atomic mass is 10.3. The topological polar surface area (TPSA) is 24.4 Å². The molecule has 1 atom stereocenters. The highest BCUT2D eigenvalue weighted by Gasteiger charge is 2.11. The van der Waals surface area contributed by atoms with E-state index in [2.05, 4.69) is 24.2 Å².